The highest BCUT2D eigenvalue weighted by Gasteiger charge is 2.43. The fourth-order valence-corrected chi connectivity index (χ4v) is 2.71. The van der Waals surface area contributed by atoms with E-state index < -0.39 is 29.1 Å². The van der Waals surface area contributed by atoms with E-state index in [-0.39, 0.29) is 25.1 Å². The number of unbranched alkanes of at least 4 members (excludes halogenated alkanes) is 4. The lowest BCUT2D eigenvalue weighted by Gasteiger charge is -2.12. The molecule has 1 unspecified atom stereocenters. The number of hydrogen-bond donors (Lipinski definition) is 0. The molecule has 8 nitrogen and oxygen atoms in total. The Labute approximate surface area is 150 Å². The monoisotopic (exact) mass is 372 g/mol. The lowest BCUT2D eigenvalue weighted by molar-refractivity contribution is -0.307. The van der Waals surface area contributed by atoms with Crippen molar-refractivity contribution in [2.75, 3.05) is 13.1 Å². The number of halogens is 1. The Balaban J connectivity index is 2.40. The van der Waals surface area contributed by atoms with Crippen molar-refractivity contribution in [3.63, 3.8) is 0 Å². The van der Waals surface area contributed by atoms with Crippen molar-refractivity contribution in [2.24, 2.45) is 4.99 Å². The van der Waals surface area contributed by atoms with Crippen LogP contribution >= 0.6 is 11.6 Å². The van der Waals surface area contributed by atoms with Crippen LogP contribution in [0.3, 0.4) is 0 Å². The second-order valence-corrected chi connectivity index (χ2v) is 6.23. The van der Waals surface area contributed by atoms with Crippen molar-refractivity contribution in [3.8, 4) is 0 Å². The first-order chi connectivity index (χ1) is 11.8. The van der Waals surface area contributed by atoms with Gasteiger partial charge in [0.2, 0.25) is 0 Å². The molecule has 0 aromatic heterocycles. The molecular formula is C16H21ClN2O6-2. The fraction of sp³-hybridized carbons (Fsp3) is 0.688. The first-order valence-electron chi connectivity index (χ1n) is 8.28. The summed E-state index contributed by atoms with van der Waals surface area (Å²) in [6.07, 6.45) is 3.10. The van der Waals surface area contributed by atoms with Crippen LogP contribution in [0.25, 0.3) is 0 Å². The summed E-state index contributed by atoms with van der Waals surface area (Å²) in [6, 6.07) is 0. The quantitative estimate of drug-likeness (QED) is 0.246. The van der Waals surface area contributed by atoms with Gasteiger partial charge in [0.1, 0.15) is 5.71 Å². The van der Waals surface area contributed by atoms with Crippen molar-refractivity contribution in [2.45, 2.75) is 56.7 Å². The third kappa shape index (κ3) is 7.21. The number of hydrogen-bond acceptors (Lipinski definition) is 7. The molecule has 140 valence electrons. The van der Waals surface area contributed by atoms with Crippen LogP contribution in [0.4, 0.5) is 0 Å². The third-order valence-corrected chi connectivity index (χ3v) is 4.16. The molecule has 1 rings (SSSR count). The number of likely N-dealkylation sites (tertiary alicyclic amines) is 1. The molecule has 25 heavy (non-hydrogen) atoms. The van der Waals surface area contributed by atoms with E-state index in [0.29, 0.717) is 45.1 Å². The molecule has 0 saturated carbocycles. The number of carbonyl (C=O) groups excluding carboxylic acids is 4. The maximum Gasteiger partial charge on any atom is 0.276 e. The van der Waals surface area contributed by atoms with Gasteiger partial charge in [0.25, 0.3) is 11.8 Å². The summed E-state index contributed by atoms with van der Waals surface area (Å²) in [5.74, 6) is -3.25. The molecule has 0 spiro atoms. The SMILES string of the molecule is O=C([O-])CCCCCN=C1C(=O)N(CCCCCC(=O)[O-])C(=O)C1Cl. The Kier molecular flexibility index (Phi) is 9.12. The number of carboxylic acid groups (broad SMARTS) is 2. The van der Waals surface area contributed by atoms with Gasteiger partial charge in [-0.3, -0.25) is 19.5 Å². The normalized spacial score (nSPS) is 19.0. The smallest absolute Gasteiger partial charge is 0.276 e. The highest BCUT2D eigenvalue weighted by Crippen LogP contribution is 2.18. The summed E-state index contributed by atoms with van der Waals surface area (Å²) in [5, 5.41) is 19.5. The van der Waals surface area contributed by atoms with E-state index in [4.69, 9.17) is 11.6 Å². The predicted octanol–water partition coefficient (Wildman–Crippen LogP) is -0.976. The number of imide groups is 1. The Morgan fingerprint density at radius 3 is 2.08 bits per heavy atom. The molecule has 1 saturated heterocycles. The Morgan fingerprint density at radius 2 is 1.52 bits per heavy atom. The zero-order valence-corrected chi connectivity index (χ0v) is 14.6. The van der Waals surface area contributed by atoms with E-state index in [1.165, 1.54) is 0 Å². The first kappa shape index (κ1) is 21.1. The largest absolute Gasteiger partial charge is 0.550 e. The van der Waals surface area contributed by atoms with Crippen LogP contribution in [-0.4, -0.2) is 52.8 Å². The van der Waals surface area contributed by atoms with Crippen molar-refractivity contribution in [1.82, 2.24) is 4.90 Å². The molecule has 1 aliphatic rings. The van der Waals surface area contributed by atoms with Crippen LogP contribution in [-0.2, 0) is 19.2 Å². The van der Waals surface area contributed by atoms with E-state index in [1.54, 1.807) is 0 Å². The molecule has 0 aliphatic carbocycles. The van der Waals surface area contributed by atoms with Gasteiger partial charge >= 0.3 is 0 Å². The van der Waals surface area contributed by atoms with E-state index in [0.717, 1.165) is 4.90 Å². The number of carboxylic acids is 2. The Morgan fingerprint density at radius 1 is 0.960 bits per heavy atom. The van der Waals surface area contributed by atoms with Crippen LogP contribution in [0, 0.1) is 0 Å². The molecule has 1 aliphatic heterocycles. The summed E-state index contributed by atoms with van der Waals surface area (Å²) in [7, 11) is 0. The average Bonchev–Trinajstić information content (AvgIpc) is 2.74. The van der Waals surface area contributed by atoms with Crippen molar-refractivity contribution < 1.29 is 29.4 Å². The first-order valence-corrected chi connectivity index (χ1v) is 8.72. The van der Waals surface area contributed by atoms with Crippen molar-refractivity contribution in [3.05, 3.63) is 0 Å². The van der Waals surface area contributed by atoms with E-state index >= 15 is 0 Å². The Hall–Kier alpha value is -1.96. The summed E-state index contributed by atoms with van der Waals surface area (Å²) in [4.78, 5) is 50.0. The second kappa shape index (κ2) is 10.8. The van der Waals surface area contributed by atoms with Gasteiger partial charge in [-0.1, -0.05) is 12.8 Å². The van der Waals surface area contributed by atoms with E-state index in [2.05, 4.69) is 4.99 Å². The topological polar surface area (TPSA) is 130 Å². The van der Waals surface area contributed by atoms with Crippen LogP contribution in [0.5, 0.6) is 0 Å². The van der Waals surface area contributed by atoms with Gasteiger partial charge < -0.3 is 19.8 Å². The minimum Gasteiger partial charge on any atom is -0.550 e. The second-order valence-electron chi connectivity index (χ2n) is 5.79. The number of alkyl halides is 1. The number of carbonyl (C=O) groups is 4. The van der Waals surface area contributed by atoms with E-state index in [9.17, 15) is 29.4 Å². The highest BCUT2D eigenvalue weighted by molar-refractivity contribution is 6.63. The minimum absolute atomic E-state index is 0.0151. The molecule has 1 atom stereocenters. The van der Waals surface area contributed by atoms with Gasteiger partial charge in [-0.25, -0.2) is 0 Å². The maximum atomic E-state index is 12.2. The van der Waals surface area contributed by atoms with Crippen molar-refractivity contribution in [1.29, 1.82) is 0 Å². The summed E-state index contributed by atoms with van der Waals surface area (Å²) in [6.45, 7) is 0.475. The lowest BCUT2D eigenvalue weighted by atomic mass is 10.2. The number of aliphatic imine (C=N–C) groups is 1. The molecular weight excluding hydrogens is 352 g/mol. The van der Waals surface area contributed by atoms with Gasteiger partial charge in [0.05, 0.1) is 0 Å². The molecule has 0 radical (unpaired) electrons. The predicted molar refractivity (Wildman–Crippen MR) is 85.6 cm³/mol. The maximum absolute atomic E-state index is 12.2. The molecule has 0 N–H and O–H groups in total. The van der Waals surface area contributed by atoms with Gasteiger partial charge in [-0.15, -0.1) is 11.6 Å². The Bertz CT molecular complexity index is 549. The molecule has 2 amide bonds. The van der Waals surface area contributed by atoms with Crippen molar-refractivity contribution >= 4 is 41.1 Å². The highest BCUT2D eigenvalue weighted by atomic mass is 35.5. The van der Waals surface area contributed by atoms with Gasteiger partial charge in [0, 0.05) is 25.0 Å². The molecule has 1 fully saturated rings. The number of rotatable bonds is 12. The van der Waals surface area contributed by atoms with Gasteiger partial charge in [0.15, 0.2) is 5.38 Å². The van der Waals surface area contributed by atoms with Gasteiger partial charge in [-0.05, 0) is 38.5 Å². The zero-order valence-electron chi connectivity index (χ0n) is 13.9. The summed E-state index contributed by atoms with van der Waals surface area (Å²) >= 11 is 5.97. The lowest BCUT2D eigenvalue weighted by Crippen LogP contribution is -2.32. The molecule has 0 aromatic carbocycles. The van der Waals surface area contributed by atoms with Crippen LogP contribution < -0.4 is 10.2 Å². The number of aliphatic carboxylic acids is 2. The number of amides is 2. The molecule has 0 bridgehead atoms. The zero-order chi connectivity index (χ0) is 18.8. The third-order valence-electron chi connectivity index (χ3n) is 3.77. The molecule has 9 heteroatoms. The standard InChI is InChI=1S/C16H23ClN2O6/c17-13-14(18-9-5-1-3-7-11(20)21)16(25)19(15(13)24)10-6-2-4-8-12(22)23/h13H,1-10H2,(H,20,21)(H,22,23)/p-2. The molecule has 1 heterocycles. The van der Waals surface area contributed by atoms with Crippen LogP contribution in [0.2, 0.25) is 0 Å². The number of nitrogens with zero attached hydrogens (tertiary/aromatic N) is 2. The van der Waals surface area contributed by atoms with E-state index in [1.807, 2.05) is 0 Å². The van der Waals surface area contributed by atoms with Crippen LogP contribution in [0.1, 0.15) is 51.4 Å². The summed E-state index contributed by atoms with van der Waals surface area (Å²) < 4.78 is 0. The van der Waals surface area contributed by atoms with Crippen LogP contribution in [0.15, 0.2) is 4.99 Å². The van der Waals surface area contributed by atoms with Gasteiger partial charge in [-0.2, -0.15) is 0 Å². The molecule has 0 aromatic rings. The average molecular weight is 373 g/mol. The summed E-state index contributed by atoms with van der Waals surface area (Å²) in [5.41, 5.74) is 0.0151. The minimum atomic E-state index is -1.12. The fourth-order valence-electron chi connectivity index (χ4n) is 2.43.